The van der Waals surface area contributed by atoms with E-state index in [0.717, 1.165) is 29.2 Å². The molecule has 30 heavy (non-hydrogen) atoms. The summed E-state index contributed by atoms with van der Waals surface area (Å²) in [7, 11) is 0. The van der Waals surface area contributed by atoms with Gasteiger partial charge in [-0.15, -0.1) is 0 Å². The zero-order valence-corrected chi connectivity index (χ0v) is 17.7. The first kappa shape index (κ1) is 20.3. The van der Waals surface area contributed by atoms with Crippen LogP contribution in [0.5, 0.6) is 0 Å². The number of aryl methyl sites for hydroxylation is 1. The molecule has 2 aromatic carbocycles. The molecule has 4 aromatic rings. The number of carbonyl (C=O) groups excluding carboxylic acids is 1. The van der Waals surface area contributed by atoms with E-state index in [0.29, 0.717) is 16.7 Å². The Balaban J connectivity index is 1.43. The highest BCUT2D eigenvalue weighted by Gasteiger charge is 2.13. The number of rotatable bonds is 9. The summed E-state index contributed by atoms with van der Waals surface area (Å²) in [6.07, 6.45) is 4.73. The quantitative estimate of drug-likeness (QED) is 0.272. The molecule has 0 aliphatic heterocycles. The highest BCUT2D eigenvalue weighted by Crippen LogP contribution is 2.25. The van der Waals surface area contributed by atoms with E-state index in [2.05, 4.69) is 32.8 Å². The van der Waals surface area contributed by atoms with Crippen LogP contribution in [-0.2, 0) is 11.3 Å². The van der Waals surface area contributed by atoms with E-state index in [-0.39, 0.29) is 17.3 Å². The number of fused-ring (bicyclic) bond motifs is 2. The molecule has 0 unspecified atom stereocenters. The lowest BCUT2D eigenvalue weighted by Gasteiger charge is -2.09. The van der Waals surface area contributed by atoms with Crippen molar-refractivity contribution in [1.82, 2.24) is 19.5 Å². The van der Waals surface area contributed by atoms with E-state index in [9.17, 15) is 9.59 Å². The zero-order valence-electron chi connectivity index (χ0n) is 16.9. The van der Waals surface area contributed by atoms with Gasteiger partial charge < -0.3 is 19.9 Å². The molecule has 0 radical (unpaired) electrons. The van der Waals surface area contributed by atoms with E-state index in [1.165, 1.54) is 31.0 Å². The van der Waals surface area contributed by atoms with E-state index in [1.807, 2.05) is 18.2 Å². The summed E-state index contributed by atoms with van der Waals surface area (Å²) < 4.78 is 2.22. The van der Waals surface area contributed by atoms with Gasteiger partial charge in [-0.05, 0) is 36.8 Å². The Morgan fingerprint density at radius 2 is 1.93 bits per heavy atom. The standard InChI is InChI=1S/C22H25N5O2S/c1-2-3-4-7-12-27-19-9-6-5-8-17(19)26-22(27)30-14-20(28)23-15-10-11-16-18(13-15)25-21(29)24-16/h5-6,8-11,13H,2-4,7,12,14H2,1H3,(H,23,28)(H2,24,25,29). The molecule has 3 N–H and O–H groups in total. The van der Waals surface area contributed by atoms with Crippen molar-refractivity contribution in [3.63, 3.8) is 0 Å². The number of thioether (sulfide) groups is 1. The van der Waals surface area contributed by atoms with Gasteiger partial charge >= 0.3 is 5.69 Å². The molecule has 0 aliphatic carbocycles. The fourth-order valence-corrected chi connectivity index (χ4v) is 4.35. The number of nitrogens with zero attached hydrogens (tertiary/aromatic N) is 2. The van der Waals surface area contributed by atoms with Crippen molar-refractivity contribution in [1.29, 1.82) is 0 Å². The third kappa shape index (κ3) is 4.59. The molecule has 7 nitrogen and oxygen atoms in total. The average molecular weight is 424 g/mol. The fourth-order valence-electron chi connectivity index (χ4n) is 3.51. The number of unbranched alkanes of at least 4 members (excludes halogenated alkanes) is 3. The van der Waals surface area contributed by atoms with Gasteiger partial charge in [-0.25, -0.2) is 9.78 Å². The van der Waals surface area contributed by atoms with Gasteiger partial charge in [-0.2, -0.15) is 0 Å². The van der Waals surface area contributed by atoms with Crippen LogP contribution in [0.2, 0.25) is 0 Å². The molecule has 0 atom stereocenters. The number of para-hydroxylation sites is 2. The van der Waals surface area contributed by atoms with Gasteiger partial charge in [0.25, 0.3) is 0 Å². The first-order valence-electron chi connectivity index (χ1n) is 10.2. The van der Waals surface area contributed by atoms with E-state index in [4.69, 9.17) is 4.98 Å². The van der Waals surface area contributed by atoms with E-state index >= 15 is 0 Å². The summed E-state index contributed by atoms with van der Waals surface area (Å²) in [5, 5.41) is 3.76. The number of amides is 1. The maximum Gasteiger partial charge on any atom is 0.323 e. The summed E-state index contributed by atoms with van der Waals surface area (Å²) in [5.74, 6) is 0.154. The SMILES string of the molecule is CCCCCCn1c(SCC(=O)Nc2ccc3[nH]c(=O)[nH]c3c2)nc2ccccc21. The van der Waals surface area contributed by atoms with E-state index < -0.39 is 0 Å². The van der Waals surface area contributed by atoms with Crippen LogP contribution in [0.15, 0.2) is 52.4 Å². The number of hydrogen-bond acceptors (Lipinski definition) is 4. The first-order valence-corrected chi connectivity index (χ1v) is 11.2. The molecular weight excluding hydrogens is 398 g/mol. The molecule has 2 heterocycles. The number of imidazole rings is 2. The third-order valence-electron chi connectivity index (χ3n) is 4.99. The van der Waals surface area contributed by atoms with Gasteiger partial charge in [-0.3, -0.25) is 4.79 Å². The summed E-state index contributed by atoms with van der Waals surface area (Å²) in [4.78, 5) is 34.0. The van der Waals surface area contributed by atoms with Crippen molar-refractivity contribution in [2.45, 2.75) is 44.3 Å². The molecule has 156 valence electrons. The number of aromatic nitrogens is 4. The Bertz CT molecular complexity index is 1220. The summed E-state index contributed by atoms with van der Waals surface area (Å²) in [5.41, 5.74) is 3.83. The van der Waals surface area contributed by atoms with Crippen molar-refractivity contribution in [2.24, 2.45) is 0 Å². The maximum atomic E-state index is 12.5. The molecule has 1 amide bonds. The number of H-pyrrole nitrogens is 2. The molecule has 0 saturated heterocycles. The predicted molar refractivity (Wildman–Crippen MR) is 122 cm³/mol. The maximum absolute atomic E-state index is 12.5. The van der Waals surface area contributed by atoms with Crippen molar-refractivity contribution < 1.29 is 4.79 Å². The van der Waals surface area contributed by atoms with Crippen molar-refractivity contribution in [3.8, 4) is 0 Å². The number of benzene rings is 2. The van der Waals surface area contributed by atoms with Gasteiger partial charge in [0.1, 0.15) is 0 Å². The van der Waals surface area contributed by atoms with Crippen LogP contribution < -0.4 is 11.0 Å². The summed E-state index contributed by atoms with van der Waals surface area (Å²) in [6.45, 7) is 3.11. The van der Waals surface area contributed by atoms with Crippen LogP contribution in [0.3, 0.4) is 0 Å². The van der Waals surface area contributed by atoms with Crippen LogP contribution in [0, 0.1) is 0 Å². The summed E-state index contributed by atoms with van der Waals surface area (Å²) in [6, 6.07) is 13.4. The lowest BCUT2D eigenvalue weighted by Crippen LogP contribution is -2.14. The monoisotopic (exact) mass is 423 g/mol. The second-order valence-electron chi connectivity index (χ2n) is 7.27. The van der Waals surface area contributed by atoms with Gasteiger partial charge in [0.2, 0.25) is 5.91 Å². The lowest BCUT2D eigenvalue weighted by atomic mass is 10.2. The second-order valence-corrected chi connectivity index (χ2v) is 8.21. The first-order chi connectivity index (χ1) is 14.6. The molecule has 0 spiro atoms. The third-order valence-corrected chi connectivity index (χ3v) is 5.96. The minimum atomic E-state index is -0.262. The number of carbonyl (C=O) groups is 1. The highest BCUT2D eigenvalue weighted by atomic mass is 32.2. The number of anilines is 1. The Hall–Kier alpha value is -3.00. The molecule has 0 saturated carbocycles. The Kier molecular flexibility index (Phi) is 6.23. The van der Waals surface area contributed by atoms with Crippen LogP contribution in [-0.4, -0.2) is 31.2 Å². The topological polar surface area (TPSA) is 95.6 Å². The van der Waals surface area contributed by atoms with E-state index in [1.54, 1.807) is 18.2 Å². The normalized spacial score (nSPS) is 11.4. The van der Waals surface area contributed by atoms with Crippen molar-refractivity contribution >= 4 is 45.4 Å². The van der Waals surface area contributed by atoms with Gasteiger partial charge in [0, 0.05) is 12.2 Å². The summed E-state index contributed by atoms with van der Waals surface area (Å²) >= 11 is 1.45. The Labute approximate surface area is 178 Å². The molecular formula is C22H25N5O2S. The fraction of sp³-hybridized carbons (Fsp3) is 0.318. The van der Waals surface area contributed by atoms with Gasteiger partial charge in [0.05, 0.1) is 27.8 Å². The predicted octanol–water partition coefficient (Wildman–Crippen LogP) is 4.52. The van der Waals surface area contributed by atoms with Crippen molar-refractivity contribution in [3.05, 3.63) is 52.9 Å². The molecule has 0 aliphatic rings. The van der Waals surface area contributed by atoms with Crippen LogP contribution >= 0.6 is 11.8 Å². The molecule has 2 aromatic heterocycles. The average Bonchev–Trinajstić information content (AvgIpc) is 3.28. The molecule has 0 fully saturated rings. The number of nitrogens with one attached hydrogen (secondary N) is 3. The number of hydrogen-bond donors (Lipinski definition) is 3. The van der Waals surface area contributed by atoms with Crippen LogP contribution in [0.4, 0.5) is 5.69 Å². The largest absolute Gasteiger partial charge is 0.325 e. The Morgan fingerprint density at radius 3 is 2.80 bits per heavy atom. The minimum Gasteiger partial charge on any atom is -0.325 e. The van der Waals surface area contributed by atoms with Crippen molar-refractivity contribution in [2.75, 3.05) is 11.1 Å². The zero-order chi connectivity index (χ0) is 20.9. The lowest BCUT2D eigenvalue weighted by molar-refractivity contribution is -0.113. The smallest absolute Gasteiger partial charge is 0.323 e. The molecule has 0 bridgehead atoms. The molecule has 8 heteroatoms. The minimum absolute atomic E-state index is 0.109. The molecule has 4 rings (SSSR count). The second kappa shape index (κ2) is 9.21. The highest BCUT2D eigenvalue weighted by molar-refractivity contribution is 7.99. The Morgan fingerprint density at radius 1 is 1.10 bits per heavy atom. The van der Waals surface area contributed by atoms with Gasteiger partial charge in [0.15, 0.2) is 5.16 Å². The van der Waals surface area contributed by atoms with Crippen LogP contribution in [0.25, 0.3) is 22.1 Å². The number of aromatic amines is 2. The van der Waals surface area contributed by atoms with Crippen LogP contribution in [0.1, 0.15) is 32.6 Å². The van der Waals surface area contributed by atoms with Gasteiger partial charge in [-0.1, -0.05) is 50.1 Å².